The zero-order valence-electron chi connectivity index (χ0n) is 13.0. The molecule has 2 N–H and O–H groups in total. The quantitative estimate of drug-likeness (QED) is 0.602. The van der Waals surface area contributed by atoms with Crippen molar-refractivity contribution in [2.24, 2.45) is 0 Å². The summed E-state index contributed by atoms with van der Waals surface area (Å²) < 4.78 is 4.48. The molecule has 6 nitrogen and oxygen atoms in total. The monoisotopic (exact) mass is 331 g/mol. The average Bonchev–Trinajstić information content (AvgIpc) is 3.08. The van der Waals surface area contributed by atoms with E-state index in [9.17, 15) is 9.59 Å². The fourth-order valence-corrected chi connectivity index (χ4v) is 2.69. The lowest BCUT2D eigenvalue weighted by Crippen LogP contribution is -2.12. The summed E-state index contributed by atoms with van der Waals surface area (Å²) in [6.07, 6.45) is 0. The van der Waals surface area contributed by atoms with Crippen molar-refractivity contribution in [3.05, 3.63) is 82.8 Å². The third-order valence-corrected chi connectivity index (χ3v) is 3.89. The molecular weight excluding hydrogens is 318 g/mol. The highest BCUT2D eigenvalue weighted by Gasteiger charge is 2.10. The van der Waals surface area contributed by atoms with Crippen LogP contribution in [0.15, 0.2) is 76.0 Å². The topological polar surface area (TPSA) is 88.0 Å². The second-order valence-corrected chi connectivity index (χ2v) is 5.50. The second-order valence-electron chi connectivity index (χ2n) is 5.50. The molecule has 1 amide bonds. The number of fused-ring (bicyclic) bond motifs is 1. The van der Waals surface area contributed by atoms with E-state index in [1.165, 1.54) is 0 Å². The van der Waals surface area contributed by atoms with E-state index in [1.54, 1.807) is 30.3 Å². The van der Waals surface area contributed by atoms with Crippen molar-refractivity contribution in [3.63, 3.8) is 0 Å². The number of aromatic nitrogens is 2. The summed E-state index contributed by atoms with van der Waals surface area (Å²) in [5.74, 6) is -0.445. The Bertz CT molecular complexity index is 1110. The lowest BCUT2D eigenvalue weighted by atomic mass is 10.0. The van der Waals surface area contributed by atoms with Crippen LogP contribution in [0.4, 0.5) is 5.69 Å². The molecule has 0 aliphatic rings. The van der Waals surface area contributed by atoms with Crippen LogP contribution in [0.1, 0.15) is 10.4 Å². The van der Waals surface area contributed by atoms with Gasteiger partial charge in [-0.25, -0.2) is 4.79 Å². The minimum absolute atomic E-state index is 0.181. The Morgan fingerprint density at radius 2 is 1.72 bits per heavy atom. The molecular formula is C19H13N3O3. The van der Waals surface area contributed by atoms with E-state index in [-0.39, 0.29) is 5.91 Å². The van der Waals surface area contributed by atoms with Crippen LogP contribution in [0.25, 0.3) is 22.2 Å². The van der Waals surface area contributed by atoms with Crippen molar-refractivity contribution in [1.29, 1.82) is 0 Å². The van der Waals surface area contributed by atoms with Gasteiger partial charge in [0.25, 0.3) is 5.91 Å². The van der Waals surface area contributed by atoms with Gasteiger partial charge in [-0.15, -0.1) is 0 Å². The number of amides is 1. The Morgan fingerprint density at radius 1 is 0.960 bits per heavy atom. The summed E-state index contributed by atoms with van der Waals surface area (Å²) in [4.78, 5) is 26.1. The highest BCUT2D eigenvalue weighted by atomic mass is 16.5. The van der Waals surface area contributed by atoms with Crippen LogP contribution in [0, 0.1) is 0 Å². The first kappa shape index (κ1) is 14.9. The summed E-state index contributed by atoms with van der Waals surface area (Å²) in [5, 5.41) is 8.42. The molecule has 0 spiro atoms. The first-order valence-corrected chi connectivity index (χ1v) is 7.66. The van der Waals surface area contributed by atoms with Crippen LogP contribution >= 0.6 is 0 Å². The number of anilines is 1. The predicted octanol–water partition coefficient (Wildman–Crippen LogP) is 3.44. The normalized spacial score (nSPS) is 10.7. The fraction of sp³-hybridized carbons (Fsp3) is 0. The van der Waals surface area contributed by atoms with E-state index >= 15 is 0 Å². The summed E-state index contributed by atoms with van der Waals surface area (Å²) in [7, 11) is 0. The van der Waals surface area contributed by atoms with Crippen LogP contribution in [0.2, 0.25) is 0 Å². The standard InChI is InChI=1S/C19H13N3O3/c23-18(16-7-3-5-12-4-1-2-6-15(12)16)20-14-10-8-13(9-11-14)17-21-19(24)25-22-17/h1-11H,(H,20,23)(H,21,22,24). The number of benzene rings is 3. The maximum absolute atomic E-state index is 12.6. The molecule has 0 aliphatic carbocycles. The van der Waals surface area contributed by atoms with E-state index in [0.29, 0.717) is 22.6 Å². The molecule has 0 bridgehead atoms. The van der Waals surface area contributed by atoms with Crippen molar-refractivity contribution >= 4 is 22.4 Å². The molecule has 0 fully saturated rings. The second kappa shape index (κ2) is 6.09. The Labute approximate surface area is 142 Å². The van der Waals surface area contributed by atoms with Crippen molar-refractivity contribution in [2.45, 2.75) is 0 Å². The molecule has 6 heteroatoms. The zero-order valence-corrected chi connectivity index (χ0v) is 13.0. The van der Waals surface area contributed by atoms with Gasteiger partial charge in [-0.3, -0.25) is 14.3 Å². The van der Waals surface area contributed by atoms with Gasteiger partial charge in [-0.05, 0) is 41.1 Å². The van der Waals surface area contributed by atoms with Crippen LogP contribution in [0.3, 0.4) is 0 Å². The van der Waals surface area contributed by atoms with Gasteiger partial charge in [0.2, 0.25) is 0 Å². The maximum Gasteiger partial charge on any atom is 0.439 e. The van der Waals surface area contributed by atoms with Gasteiger partial charge in [-0.1, -0.05) is 41.6 Å². The van der Waals surface area contributed by atoms with Crippen LogP contribution < -0.4 is 11.1 Å². The average molecular weight is 331 g/mol. The first-order valence-electron chi connectivity index (χ1n) is 7.66. The Hall–Kier alpha value is -3.67. The lowest BCUT2D eigenvalue weighted by molar-refractivity contribution is 0.102. The zero-order chi connectivity index (χ0) is 17.2. The SMILES string of the molecule is O=C(Nc1ccc(-c2noc(=O)[nH]2)cc1)c1cccc2ccccc12. The van der Waals surface area contributed by atoms with E-state index in [1.807, 2.05) is 36.4 Å². The van der Waals surface area contributed by atoms with Crippen LogP contribution in [0.5, 0.6) is 0 Å². The number of rotatable bonds is 3. The molecule has 0 saturated carbocycles. The third kappa shape index (κ3) is 2.92. The third-order valence-electron chi connectivity index (χ3n) is 3.89. The molecule has 0 atom stereocenters. The van der Waals surface area contributed by atoms with Gasteiger partial charge in [0.05, 0.1) is 0 Å². The van der Waals surface area contributed by atoms with Gasteiger partial charge < -0.3 is 5.32 Å². The van der Waals surface area contributed by atoms with Crippen LogP contribution in [-0.4, -0.2) is 16.0 Å². The molecule has 0 aliphatic heterocycles. The number of carbonyl (C=O) groups excluding carboxylic acids is 1. The summed E-state index contributed by atoms with van der Waals surface area (Å²) in [6.45, 7) is 0. The Balaban J connectivity index is 1.59. The smallest absolute Gasteiger partial charge is 0.322 e. The number of nitrogens with one attached hydrogen (secondary N) is 2. The molecule has 4 rings (SSSR count). The van der Waals surface area contributed by atoms with Crippen LogP contribution in [-0.2, 0) is 0 Å². The Morgan fingerprint density at radius 3 is 2.48 bits per heavy atom. The molecule has 4 aromatic rings. The molecule has 25 heavy (non-hydrogen) atoms. The number of carbonyl (C=O) groups is 1. The van der Waals surface area contributed by atoms with E-state index < -0.39 is 5.76 Å². The fourth-order valence-electron chi connectivity index (χ4n) is 2.69. The highest BCUT2D eigenvalue weighted by Crippen LogP contribution is 2.21. The minimum Gasteiger partial charge on any atom is -0.322 e. The van der Waals surface area contributed by atoms with Crippen molar-refractivity contribution in [3.8, 4) is 11.4 Å². The minimum atomic E-state index is -0.608. The van der Waals surface area contributed by atoms with E-state index in [4.69, 9.17) is 0 Å². The van der Waals surface area contributed by atoms with E-state index in [2.05, 4.69) is 20.0 Å². The first-order chi connectivity index (χ1) is 12.2. The molecule has 3 aromatic carbocycles. The number of hydrogen-bond donors (Lipinski definition) is 2. The molecule has 0 unspecified atom stereocenters. The van der Waals surface area contributed by atoms with Gasteiger partial charge in [-0.2, -0.15) is 0 Å². The number of aromatic amines is 1. The maximum atomic E-state index is 12.6. The number of nitrogens with zero attached hydrogens (tertiary/aromatic N) is 1. The van der Waals surface area contributed by atoms with E-state index in [0.717, 1.165) is 10.8 Å². The molecule has 122 valence electrons. The van der Waals surface area contributed by atoms with Gasteiger partial charge in [0.15, 0.2) is 5.82 Å². The number of hydrogen-bond acceptors (Lipinski definition) is 4. The summed E-state index contributed by atoms with van der Waals surface area (Å²) in [6, 6.07) is 20.3. The molecule has 0 saturated heterocycles. The summed E-state index contributed by atoms with van der Waals surface area (Å²) in [5.41, 5.74) is 1.95. The van der Waals surface area contributed by atoms with Crippen molar-refractivity contribution in [2.75, 3.05) is 5.32 Å². The van der Waals surface area contributed by atoms with Gasteiger partial charge >= 0.3 is 5.76 Å². The molecule has 0 radical (unpaired) electrons. The molecule has 1 heterocycles. The molecule has 1 aromatic heterocycles. The summed E-state index contributed by atoms with van der Waals surface area (Å²) >= 11 is 0. The highest BCUT2D eigenvalue weighted by molar-refractivity contribution is 6.12. The van der Waals surface area contributed by atoms with Gasteiger partial charge in [0.1, 0.15) is 0 Å². The van der Waals surface area contributed by atoms with Gasteiger partial charge in [0, 0.05) is 16.8 Å². The Kier molecular flexibility index (Phi) is 3.63. The number of H-pyrrole nitrogens is 1. The lowest BCUT2D eigenvalue weighted by Gasteiger charge is -2.08. The predicted molar refractivity (Wildman–Crippen MR) is 94.5 cm³/mol. The largest absolute Gasteiger partial charge is 0.439 e. The van der Waals surface area contributed by atoms with Crippen molar-refractivity contribution < 1.29 is 9.32 Å². The van der Waals surface area contributed by atoms with Crippen molar-refractivity contribution in [1.82, 2.24) is 10.1 Å².